The van der Waals surface area contributed by atoms with Crippen molar-refractivity contribution in [1.29, 1.82) is 0 Å². The summed E-state index contributed by atoms with van der Waals surface area (Å²) >= 11 is 0. The third kappa shape index (κ3) is 6.66. The van der Waals surface area contributed by atoms with Crippen molar-refractivity contribution in [3.63, 3.8) is 0 Å². The van der Waals surface area contributed by atoms with Crippen molar-refractivity contribution in [1.82, 2.24) is 0 Å². The first-order valence-electron chi connectivity index (χ1n) is 13.0. The Labute approximate surface area is 203 Å². The molecule has 0 aromatic heterocycles. The van der Waals surface area contributed by atoms with Gasteiger partial charge in [-0.05, 0) is 30.7 Å². The number of phenolic OH excluding ortho intramolecular Hbond substituents is 2. The lowest BCUT2D eigenvalue weighted by Crippen LogP contribution is -2.37. The Morgan fingerprint density at radius 2 is 1.41 bits per heavy atom. The number of phenols is 2. The number of unbranched alkanes of at least 4 members (excludes halogenated alkanes) is 11. The third-order valence-corrected chi connectivity index (χ3v) is 6.62. The van der Waals surface area contributed by atoms with Gasteiger partial charge in [0.1, 0.15) is 11.8 Å². The third-order valence-electron chi connectivity index (χ3n) is 6.62. The Kier molecular flexibility index (Phi) is 10.1. The number of anilines is 4. The van der Waals surface area contributed by atoms with Crippen molar-refractivity contribution in [2.24, 2.45) is 0 Å². The Morgan fingerprint density at radius 3 is 2.06 bits per heavy atom. The van der Waals surface area contributed by atoms with E-state index in [-0.39, 0.29) is 17.2 Å². The van der Waals surface area contributed by atoms with Gasteiger partial charge >= 0.3 is 0 Å². The number of nitrogens with one attached hydrogen (secondary N) is 1. The highest BCUT2D eigenvalue weighted by Gasteiger charge is 2.33. The van der Waals surface area contributed by atoms with Crippen LogP contribution in [0.2, 0.25) is 0 Å². The molecule has 186 valence electrons. The number of hydrogen-bond donors (Lipinski definition) is 4. The molecule has 0 bridgehead atoms. The van der Waals surface area contributed by atoms with E-state index in [1.807, 2.05) is 12.1 Å². The van der Waals surface area contributed by atoms with Crippen LogP contribution in [0.4, 0.5) is 22.7 Å². The largest absolute Gasteiger partial charge is 0.504 e. The first-order chi connectivity index (χ1) is 16.5. The van der Waals surface area contributed by atoms with Crippen LogP contribution in [0.3, 0.4) is 0 Å². The van der Waals surface area contributed by atoms with Crippen molar-refractivity contribution in [3.05, 3.63) is 36.4 Å². The first kappa shape index (κ1) is 25.9. The minimum atomic E-state index is -1.13. The van der Waals surface area contributed by atoms with Gasteiger partial charge in [-0.2, -0.15) is 0 Å². The highest BCUT2D eigenvalue weighted by molar-refractivity contribution is 6.11. The first-order valence-corrected chi connectivity index (χ1v) is 13.0. The highest BCUT2D eigenvalue weighted by Crippen LogP contribution is 2.50. The molecule has 0 radical (unpaired) electrons. The van der Waals surface area contributed by atoms with Crippen molar-refractivity contribution in [2.75, 3.05) is 10.2 Å². The maximum Gasteiger partial charge on any atom is 0.260 e. The number of aromatic hydroxyl groups is 2. The number of carbonyl (C=O) groups is 1. The Bertz CT molecular complexity index is 931. The number of para-hydroxylation sites is 2. The highest BCUT2D eigenvalue weighted by atomic mass is 16.3. The molecule has 1 heterocycles. The SMILES string of the molecule is CCCCCCCCCCCCCCC(O)C(=O)N1c2ccccc2Nc2c1ccc(O)c2O. The van der Waals surface area contributed by atoms with Gasteiger partial charge in [-0.15, -0.1) is 0 Å². The van der Waals surface area contributed by atoms with E-state index >= 15 is 0 Å². The summed E-state index contributed by atoms with van der Waals surface area (Å²) in [7, 11) is 0. The lowest BCUT2D eigenvalue weighted by atomic mass is 10.0. The number of carbonyl (C=O) groups excluding carboxylic acids is 1. The summed E-state index contributed by atoms with van der Waals surface area (Å²) < 4.78 is 0. The fraction of sp³-hybridized carbons (Fsp3) is 0.536. The monoisotopic (exact) mass is 468 g/mol. The average molecular weight is 469 g/mol. The van der Waals surface area contributed by atoms with E-state index in [1.54, 1.807) is 18.2 Å². The molecule has 1 aliphatic heterocycles. The minimum Gasteiger partial charge on any atom is -0.504 e. The molecule has 34 heavy (non-hydrogen) atoms. The van der Waals surface area contributed by atoms with Gasteiger partial charge in [0.25, 0.3) is 5.91 Å². The summed E-state index contributed by atoms with van der Waals surface area (Å²) in [6.45, 7) is 2.25. The summed E-state index contributed by atoms with van der Waals surface area (Å²) in [5.74, 6) is -1.02. The standard InChI is InChI=1S/C28H40N2O4/c1-2-3-4-5-6-7-8-9-10-11-12-13-18-25(32)28(34)30-22-17-15-14-16-21(22)29-26-23(30)19-20-24(31)27(26)33/h14-17,19-20,25,29,31-33H,2-13,18H2,1H3. The van der Waals surface area contributed by atoms with E-state index in [4.69, 9.17) is 0 Å². The topological polar surface area (TPSA) is 93.0 Å². The molecule has 6 nitrogen and oxygen atoms in total. The summed E-state index contributed by atoms with van der Waals surface area (Å²) in [5.41, 5.74) is 1.90. The zero-order valence-electron chi connectivity index (χ0n) is 20.4. The van der Waals surface area contributed by atoms with Crippen LogP contribution in [0, 0.1) is 0 Å². The molecule has 1 atom stereocenters. The molecule has 1 amide bonds. The summed E-state index contributed by atoms with van der Waals surface area (Å²) in [6, 6.07) is 10.2. The van der Waals surface area contributed by atoms with Gasteiger partial charge in [-0.1, -0.05) is 96.1 Å². The molecule has 0 spiro atoms. The number of amides is 1. The lowest BCUT2D eigenvalue weighted by molar-refractivity contribution is -0.126. The molecular formula is C28H40N2O4. The fourth-order valence-electron chi connectivity index (χ4n) is 4.61. The molecule has 0 saturated carbocycles. The van der Waals surface area contributed by atoms with Crippen LogP contribution in [0.1, 0.15) is 90.4 Å². The van der Waals surface area contributed by atoms with Crippen LogP contribution in [0.25, 0.3) is 0 Å². The number of rotatable bonds is 14. The van der Waals surface area contributed by atoms with Crippen LogP contribution in [-0.2, 0) is 4.79 Å². The average Bonchev–Trinajstić information content (AvgIpc) is 2.85. The molecule has 2 aromatic carbocycles. The number of fused-ring (bicyclic) bond motifs is 2. The molecule has 4 N–H and O–H groups in total. The van der Waals surface area contributed by atoms with E-state index in [0.29, 0.717) is 23.5 Å². The molecule has 1 aliphatic rings. The Morgan fingerprint density at radius 1 is 0.824 bits per heavy atom. The van der Waals surface area contributed by atoms with E-state index in [1.165, 1.54) is 68.8 Å². The van der Waals surface area contributed by atoms with Crippen LogP contribution in [0.5, 0.6) is 11.5 Å². The molecule has 0 saturated heterocycles. The maximum atomic E-state index is 13.3. The molecule has 0 aliphatic carbocycles. The summed E-state index contributed by atoms with van der Waals surface area (Å²) in [5, 5.41) is 34.0. The van der Waals surface area contributed by atoms with Crippen molar-refractivity contribution in [2.45, 2.75) is 96.5 Å². The van der Waals surface area contributed by atoms with Crippen LogP contribution in [0.15, 0.2) is 36.4 Å². The summed E-state index contributed by atoms with van der Waals surface area (Å²) in [6.07, 6.45) is 14.0. The lowest BCUT2D eigenvalue weighted by Gasteiger charge is -2.33. The van der Waals surface area contributed by atoms with Crippen molar-refractivity contribution in [3.8, 4) is 11.5 Å². The van der Waals surface area contributed by atoms with E-state index in [2.05, 4.69) is 12.2 Å². The second kappa shape index (κ2) is 13.2. The summed E-state index contributed by atoms with van der Waals surface area (Å²) in [4.78, 5) is 14.7. The van der Waals surface area contributed by atoms with E-state index < -0.39 is 12.0 Å². The van der Waals surface area contributed by atoms with E-state index in [0.717, 1.165) is 19.3 Å². The van der Waals surface area contributed by atoms with E-state index in [9.17, 15) is 20.1 Å². The van der Waals surface area contributed by atoms with Gasteiger partial charge in [0.2, 0.25) is 0 Å². The van der Waals surface area contributed by atoms with Crippen LogP contribution in [-0.4, -0.2) is 27.3 Å². The number of aliphatic hydroxyl groups is 1. The zero-order valence-corrected chi connectivity index (χ0v) is 20.4. The fourth-order valence-corrected chi connectivity index (χ4v) is 4.61. The second-order valence-corrected chi connectivity index (χ2v) is 9.34. The Balaban J connectivity index is 1.46. The normalized spacial score (nSPS) is 13.2. The zero-order chi connectivity index (χ0) is 24.3. The van der Waals surface area contributed by atoms with Gasteiger partial charge in [0.15, 0.2) is 11.5 Å². The smallest absolute Gasteiger partial charge is 0.260 e. The van der Waals surface area contributed by atoms with Gasteiger partial charge in [0, 0.05) is 0 Å². The predicted molar refractivity (Wildman–Crippen MR) is 138 cm³/mol. The number of hydrogen-bond acceptors (Lipinski definition) is 5. The molecule has 6 heteroatoms. The van der Waals surface area contributed by atoms with Crippen molar-refractivity contribution >= 4 is 28.7 Å². The second-order valence-electron chi connectivity index (χ2n) is 9.34. The van der Waals surface area contributed by atoms with Gasteiger partial charge < -0.3 is 20.6 Å². The molecule has 1 unspecified atom stereocenters. The molecular weight excluding hydrogens is 428 g/mol. The molecule has 0 fully saturated rings. The van der Waals surface area contributed by atoms with Gasteiger partial charge in [-0.25, -0.2) is 0 Å². The van der Waals surface area contributed by atoms with Gasteiger partial charge in [-0.3, -0.25) is 9.69 Å². The maximum absolute atomic E-state index is 13.3. The number of nitrogens with zero attached hydrogens (tertiary/aromatic N) is 1. The number of aliphatic hydroxyl groups excluding tert-OH is 1. The quantitative estimate of drug-likeness (QED) is 0.173. The molecule has 2 aromatic rings. The van der Waals surface area contributed by atoms with Crippen LogP contribution >= 0.6 is 0 Å². The van der Waals surface area contributed by atoms with Gasteiger partial charge in [0.05, 0.1) is 17.1 Å². The molecule has 3 rings (SSSR count). The van der Waals surface area contributed by atoms with Crippen molar-refractivity contribution < 1.29 is 20.1 Å². The van der Waals surface area contributed by atoms with Crippen LogP contribution < -0.4 is 10.2 Å². The predicted octanol–water partition coefficient (Wildman–Crippen LogP) is 7.27. The Hall–Kier alpha value is -2.73. The number of benzene rings is 2. The minimum absolute atomic E-state index is 0.254.